The third kappa shape index (κ3) is 3.34. The molecule has 1 unspecified atom stereocenters. The summed E-state index contributed by atoms with van der Waals surface area (Å²) in [6.07, 6.45) is 4.63. The van der Waals surface area contributed by atoms with E-state index in [1.807, 2.05) is 0 Å². The van der Waals surface area contributed by atoms with Gasteiger partial charge in [-0.15, -0.1) is 0 Å². The van der Waals surface area contributed by atoms with E-state index in [-0.39, 0.29) is 0 Å². The first-order valence-corrected chi connectivity index (χ1v) is 5.48. The number of rotatable bonds is 2. The van der Waals surface area contributed by atoms with Crippen molar-refractivity contribution in [1.29, 1.82) is 0 Å². The lowest BCUT2D eigenvalue weighted by atomic mass is 9.84. The van der Waals surface area contributed by atoms with E-state index in [1.54, 1.807) is 0 Å². The summed E-state index contributed by atoms with van der Waals surface area (Å²) in [4.78, 5) is 0. The number of hydrogen-bond donors (Lipinski definition) is 0. The fourth-order valence-corrected chi connectivity index (χ4v) is 2.41. The van der Waals surface area contributed by atoms with E-state index in [2.05, 4.69) is 6.92 Å². The molecule has 0 radical (unpaired) electrons. The van der Waals surface area contributed by atoms with Gasteiger partial charge >= 0.3 is 0 Å². The minimum Gasteiger partial charge on any atom is -0.772 e. The zero-order valence-electron chi connectivity index (χ0n) is 6.91. The van der Waals surface area contributed by atoms with Gasteiger partial charge in [0, 0.05) is 5.75 Å². The maximum atomic E-state index is 10.3. The van der Waals surface area contributed by atoms with Crippen LogP contribution in [0.3, 0.4) is 0 Å². The Morgan fingerprint density at radius 3 is 2.36 bits per heavy atom. The summed E-state index contributed by atoms with van der Waals surface area (Å²) in [5.74, 6) is 1.64. The largest absolute Gasteiger partial charge is 0.772 e. The molecule has 11 heavy (non-hydrogen) atoms. The second-order valence-electron chi connectivity index (χ2n) is 3.60. The van der Waals surface area contributed by atoms with Gasteiger partial charge in [0.15, 0.2) is 0 Å². The Hall–Kier alpha value is 0.110. The Bertz CT molecular complexity index is 139. The van der Waals surface area contributed by atoms with Gasteiger partial charge < -0.3 is 4.55 Å². The summed E-state index contributed by atoms with van der Waals surface area (Å²) in [5, 5.41) is 0. The zero-order valence-corrected chi connectivity index (χ0v) is 7.73. The molecule has 1 aliphatic rings. The van der Waals surface area contributed by atoms with Gasteiger partial charge in [0.25, 0.3) is 0 Å². The van der Waals surface area contributed by atoms with E-state index in [0.29, 0.717) is 11.7 Å². The van der Waals surface area contributed by atoms with Gasteiger partial charge in [0.2, 0.25) is 0 Å². The van der Waals surface area contributed by atoms with Crippen LogP contribution in [0, 0.1) is 11.8 Å². The predicted octanol–water partition coefficient (Wildman–Crippen LogP) is 1.69. The van der Waals surface area contributed by atoms with Crippen LogP contribution in [0.5, 0.6) is 0 Å². The zero-order chi connectivity index (χ0) is 8.27. The average Bonchev–Trinajstić information content (AvgIpc) is 1.93. The fraction of sp³-hybridized carbons (Fsp3) is 1.00. The molecule has 0 aromatic rings. The first-order valence-electron chi connectivity index (χ1n) is 4.24. The van der Waals surface area contributed by atoms with E-state index >= 15 is 0 Å². The summed E-state index contributed by atoms with van der Waals surface area (Å²) >= 11 is -1.82. The molecular weight excluding hydrogens is 160 g/mol. The number of hydrogen-bond acceptors (Lipinski definition) is 2. The van der Waals surface area contributed by atoms with Crippen LogP contribution in [-0.2, 0) is 11.1 Å². The van der Waals surface area contributed by atoms with Crippen molar-refractivity contribution < 1.29 is 8.76 Å². The predicted molar refractivity (Wildman–Crippen MR) is 44.9 cm³/mol. The van der Waals surface area contributed by atoms with Gasteiger partial charge in [-0.3, -0.25) is 4.21 Å². The molecule has 1 fully saturated rings. The lowest BCUT2D eigenvalue weighted by Gasteiger charge is -2.26. The van der Waals surface area contributed by atoms with Crippen molar-refractivity contribution >= 4 is 11.1 Å². The lowest BCUT2D eigenvalue weighted by Crippen LogP contribution is -2.17. The Labute approximate surface area is 70.7 Å². The molecule has 1 saturated carbocycles. The van der Waals surface area contributed by atoms with E-state index in [0.717, 1.165) is 18.8 Å². The Kier molecular flexibility index (Phi) is 3.52. The van der Waals surface area contributed by atoms with Crippen LogP contribution in [0.15, 0.2) is 0 Å². The molecule has 1 aliphatic carbocycles. The van der Waals surface area contributed by atoms with Gasteiger partial charge in [-0.2, -0.15) is 0 Å². The van der Waals surface area contributed by atoms with E-state index in [9.17, 15) is 8.76 Å². The second-order valence-corrected chi connectivity index (χ2v) is 4.54. The van der Waals surface area contributed by atoms with Crippen LogP contribution in [0.1, 0.15) is 32.6 Å². The third-order valence-electron chi connectivity index (χ3n) is 2.51. The normalized spacial score (nSPS) is 35.1. The summed E-state index contributed by atoms with van der Waals surface area (Å²) in [7, 11) is 0. The molecule has 0 N–H and O–H groups in total. The molecule has 0 aromatic heterocycles. The smallest absolute Gasteiger partial charge is 0.0130 e. The van der Waals surface area contributed by atoms with E-state index in [1.165, 1.54) is 12.8 Å². The van der Waals surface area contributed by atoms with Gasteiger partial charge in [0.1, 0.15) is 0 Å². The van der Waals surface area contributed by atoms with E-state index < -0.39 is 11.1 Å². The average molecular weight is 175 g/mol. The van der Waals surface area contributed by atoms with Crippen LogP contribution in [-0.4, -0.2) is 14.5 Å². The van der Waals surface area contributed by atoms with Crippen molar-refractivity contribution in [2.75, 3.05) is 5.75 Å². The van der Waals surface area contributed by atoms with Crippen molar-refractivity contribution in [1.82, 2.24) is 0 Å². The van der Waals surface area contributed by atoms with Crippen LogP contribution >= 0.6 is 0 Å². The first-order chi connectivity index (χ1) is 5.18. The van der Waals surface area contributed by atoms with Gasteiger partial charge in [-0.25, -0.2) is 0 Å². The Morgan fingerprint density at radius 1 is 1.36 bits per heavy atom. The van der Waals surface area contributed by atoms with Crippen molar-refractivity contribution in [3.05, 3.63) is 0 Å². The van der Waals surface area contributed by atoms with Gasteiger partial charge in [-0.05, 0) is 24.7 Å². The summed E-state index contributed by atoms with van der Waals surface area (Å²) in [6.45, 7) is 2.24. The monoisotopic (exact) mass is 175 g/mol. The lowest BCUT2D eigenvalue weighted by molar-refractivity contribution is 0.307. The molecule has 2 nitrogen and oxygen atoms in total. The van der Waals surface area contributed by atoms with Crippen LogP contribution in [0.4, 0.5) is 0 Å². The molecule has 3 heteroatoms. The Balaban J connectivity index is 2.22. The highest BCUT2D eigenvalue weighted by atomic mass is 32.2. The molecular formula is C8H15O2S-. The van der Waals surface area contributed by atoms with Crippen molar-refractivity contribution in [2.45, 2.75) is 32.6 Å². The van der Waals surface area contributed by atoms with Crippen LogP contribution < -0.4 is 0 Å². The molecule has 0 heterocycles. The Morgan fingerprint density at radius 2 is 1.91 bits per heavy atom. The molecule has 0 spiro atoms. The highest BCUT2D eigenvalue weighted by Crippen LogP contribution is 2.28. The second kappa shape index (κ2) is 4.21. The molecule has 0 aromatic carbocycles. The standard InChI is InChI=1S/C8H16O2S/c1-7-2-4-8(5-3-7)6-11(9)10/h7-8H,2-6H2,1H3,(H,9,10)/p-1. The third-order valence-corrected chi connectivity index (χ3v) is 3.25. The molecule has 0 amide bonds. The van der Waals surface area contributed by atoms with Gasteiger partial charge in [-0.1, -0.05) is 30.8 Å². The summed E-state index contributed by atoms with van der Waals surface area (Å²) < 4.78 is 20.7. The van der Waals surface area contributed by atoms with Crippen LogP contribution in [0.2, 0.25) is 0 Å². The summed E-state index contributed by atoms with van der Waals surface area (Å²) in [6, 6.07) is 0. The summed E-state index contributed by atoms with van der Waals surface area (Å²) in [5.41, 5.74) is 0. The van der Waals surface area contributed by atoms with Crippen molar-refractivity contribution in [2.24, 2.45) is 11.8 Å². The van der Waals surface area contributed by atoms with Gasteiger partial charge in [0.05, 0.1) is 0 Å². The fourth-order valence-electron chi connectivity index (χ4n) is 1.69. The highest BCUT2D eigenvalue weighted by Gasteiger charge is 2.17. The SMILES string of the molecule is CC1CCC(CS(=O)[O-])CC1. The minimum atomic E-state index is -1.82. The molecule has 1 rings (SSSR count). The van der Waals surface area contributed by atoms with Crippen molar-refractivity contribution in [3.8, 4) is 0 Å². The highest BCUT2D eigenvalue weighted by molar-refractivity contribution is 7.79. The van der Waals surface area contributed by atoms with Crippen LogP contribution in [0.25, 0.3) is 0 Å². The maximum absolute atomic E-state index is 10.3. The van der Waals surface area contributed by atoms with E-state index in [4.69, 9.17) is 0 Å². The maximum Gasteiger partial charge on any atom is 0.0130 e. The van der Waals surface area contributed by atoms with Crippen molar-refractivity contribution in [3.63, 3.8) is 0 Å². The molecule has 66 valence electrons. The molecule has 0 saturated heterocycles. The first kappa shape index (κ1) is 9.20. The molecule has 0 aliphatic heterocycles. The quantitative estimate of drug-likeness (QED) is 0.599. The molecule has 1 atom stereocenters. The molecule has 0 bridgehead atoms. The topological polar surface area (TPSA) is 40.1 Å². The minimum absolute atomic E-state index is 0.382.